The van der Waals surface area contributed by atoms with Crippen LogP contribution in [0.5, 0.6) is 0 Å². The molecule has 0 atom stereocenters. The summed E-state index contributed by atoms with van der Waals surface area (Å²) < 4.78 is 0. The first-order chi connectivity index (χ1) is 38.0. The van der Waals surface area contributed by atoms with Crippen LogP contribution in [0, 0.1) is 50.6 Å². The van der Waals surface area contributed by atoms with Gasteiger partial charge >= 0.3 is 0 Å². The fourth-order valence-electron chi connectivity index (χ4n) is 12.9. The fourth-order valence-corrected chi connectivity index (χ4v) is 12.9. The molecule has 0 unspecified atom stereocenters. The molecule has 372 valence electrons. The number of hydrogen-bond donors (Lipinski definition) is 0. The standard InChI is InChI=1S/C30H11N3O8.C30H12N2O6/c34-29-14-2-1-3-19(31(36)37)24(14)17-10-12-5-7-16-26-18(11-13-4-6-15(29)25(17)22(13)23(12)26)27-20(32(38)39)8-9-21(33(40)41)28(27)30(16)35;33-29-19-5-1-13-9-21-17-7-3-16(32(37)38)12-24(17)30(34)20-6-2-14-10-22(27(19)25(13)26(14)28(20)21)18-8-4-15(31(35)36)11-23(18)29/h1-11H;1-12H. The van der Waals surface area contributed by atoms with Gasteiger partial charge in [0.2, 0.25) is 5.43 Å². The molecule has 0 saturated heterocycles. The second-order valence-corrected chi connectivity index (χ2v) is 19.7. The van der Waals surface area contributed by atoms with Crippen molar-refractivity contribution in [2.24, 2.45) is 0 Å². The molecule has 0 N–H and O–H groups in total. The molecule has 0 spiro atoms. The molecule has 0 amide bonds. The van der Waals surface area contributed by atoms with Crippen LogP contribution in [0.15, 0.2) is 159 Å². The number of non-ortho nitro benzene ring substituents is 5. The Morgan fingerprint density at radius 2 is 0.557 bits per heavy atom. The molecular weight excluding hydrogens is 1010 g/mol. The van der Waals surface area contributed by atoms with Gasteiger partial charge in [-0.1, -0.05) is 30.3 Å². The van der Waals surface area contributed by atoms with E-state index >= 15 is 0 Å². The summed E-state index contributed by atoms with van der Waals surface area (Å²) in [5, 5.41) is 72.4. The number of benzene rings is 16. The Bertz CT molecular complexity index is 5720. The summed E-state index contributed by atoms with van der Waals surface area (Å²) in [6.45, 7) is 0. The van der Waals surface area contributed by atoms with Crippen molar-refractivity contribution in [3.63, 3.8) is 0 Å². The lowest BCUT2D eigenvalue weighted by atomic mass is 9.83. The molecule has 19 heteroatoms. The molecule has 0 fully saturated rings. The summed E-state index contributed by atoms with van der Waals surface area (Å²) in [6.07, 6.45) is 0. The largest absolute Gasteiger partial charge is 0.289 e. The van der Waals surface area contributed by atoms with Gasteiger partial charge in [-0.2, -0.15) is 0 Å². The Morgan fingerprint density at radius 3 is 0.975 bits per heavy atom. The Kier molecular flexibility index (Phi) is 8.54. The number of rotatable bonds is 5. The molecule has 0 radical (unpaired) electrons. The highest BCUT2D eigenvalue weighted by Gasteiger charge is 2.31. The van der Waals surface area contributed by atoms with Crippen LogP contribution >= 0.6 is 0 Å². The van der Waals surface area contributed by atoms with Gasteiger partial charge in [0.15, 0.2) is 16.3 Å². The molecule has 16 rings (SSSR count). The van der Waals surface area contributed by atoms with Crippen LogP contribution in [0.25, 0.3) is 151 Å². The first-order valence-corrected chi connectivity index (χ1v) is 24.1. The molecule has 16 aromatic rings. The summed E-state index contributed by atoms with van der Waals surface area (Å²) in [4.78, 5) is 110. The summed E-state index contributed by atoms with van der Waals surface area (Å²) in [6, 6.07) is 36.0. The Morgan fingerprint density at radius 1 is 0.228 bits per heavy atom. The third-order valence-electron chi connectivity index (χ3n) is 16.0. The van der Waals surface area contributed by atoms with Crippen LogP contribution < -0.4 is 21.7 Å². The molecule has 0 aliphatic heterocycles. The SMILES string of the molecule is O=c1c2cc([N+](=O)[O-])ccc2c2cc3ccc4c(=O)c5cc([N+](=O)[O-])ccc5c5cc6ccc1c2c6c3c45.O=c1c2cccc([N+](=O)[O-])c2c2cc3ccc4c(=O)c5c([N+](=O)[O-])ccc([N+](=O)[O-])c5c5cc6ccc1c2c6c3c45. The number of nitrogens with zero attached hydrogens (tertiary/aromatic N) is 5. The third kappa shape index (κ3) is 5.62. The number of hydrogen-bond acceptors (Lipinski definition) is 14. The minimum atomic E-state index is -0.734. The van der Waals surface area contributed by atoms with E-state index in [2.05, 4.69) is 0 Å². The van der Waals surface area contributed by atoms with Crippen LogP contribution in [0.3, 0.4) is 0 Å². The molecule has 0 saturated carbocycles. The highest BCUT2D eigenvalue weighted by atomic mass is 16.6. The second-order valence-electron chi connectivity index (χ2n) is 19.7. The molecule has 0 aliphatic rings. The van der Waals surface area contributed by atoms with Crippen LogP contribution in [0.4, 0.5) is 28.4 Å². The minimum Gasteiger partial charge on any atom is -0.289 e. The van der Waals surface area contributed by atoms with Crippen molar-refractivity contribution in [3.05, 3.63) is 231 Å². The highest BCUT2D eigenvalue weighted by Crippen LogP contribution is 2.49. The quantitative estimate of drug-likeness (QED) is 0.0670. The van der Waals surface area contributed by atoms with Gasteiger partial charge in [-0.3, -0.25) is 69.7 Å². The zero-order valence-corrected chi connectivity index (χ0v) is 39.7. The van der Waals surface area contributed by atoms with Gasteiger partial charge < -0.3 is 0 Å². The van der Waals surface area contributed by atoms with Crippen molar-refractivity contribution in [3.8, 4) is 0 Å². The van der Waals surface area contributed by atoms with E-state index in [0.29, 0.717) is 70.0 Å². The van der Waals surface area contributed by atoms with Crippen molar-refractivity contribution in [2.75, 3.05) is 0 Å². The first-order valence-electron chi connectivity index (χ1n) is 24.1. The maximum absolute atomic E-state index is 13.8. The van der Waals surface area contributed by atoms with Gasteiger partial charge in [0.25, 0.3) is 28.4 Å². The predicted octanol–water partition coefficient (Wildman–Crippen LogP) is 13.1. The van der Waals surface area contributed by atoms with Crippen LogP contribution in [-0.2, 0) is 0 Å². The normalized spacial score (nSPS) is 12.3. The van der Waals surface area contributed by atoms with Gasteiger partial charge in [-0.15, -0.1) is 0 Å². The van der Waals surface area contributed by atoms with Crippen molar-refractivity contribution >= 4 is 179 Å². The Balaban J connectivity index is 0.000000137. The molecule has 0 heterocycles. The van der Waals surface area contributed by atoms with E-state index in [0.717, 1.165) is 55.2 Å². The van der Waals surface area contributed by atoms with Crippen LogP contribution in [-0.4, -0.2) is 24.6 Å². The zero-order valence-electron chi connectivity index (χ0n) is 39.7. The van der Waals surface area contributed by atoms with Crippen molar-refractivity contribution in [1.82, 2.24) is 0 Å². The topological polar surface area (TPSA) is 284 Å². The maximum atomic E-state index is 13.8. The molecule has 0 aliphatic carbocycles. The maximum Gasteiger partial charge on any atom is 0.281 e. The van der Waals surface area contributed by atoms with E-state index < -0.39 is 41.4 Å². The molecule has 16 aromatic carbocycles. The van der Waals surface area contributed by atoms with Gasteiger partial charge in [-0.05, 0) is 142 Å². The average Bonchev–Trinajstić information content (AvgIpc) is 3.61. The van der Waals surface area contributed by atoms with E-state index in [-0.39, 0.29) is 71.1 Å². The molecule has 79 heavy (non-hydrogen) atoms. The summed E-state index contributed by atoms with van der Waals surface area (Å²) in [5.41, 5.74) is -3.14. The van der Waals surface area contributed by atoms with E-state index in [4.69, 9.17) is 0 Å². The van der Waals surface area contributed by atoms with Gasteiger partial charge in [0, 0.05) is 102 Å². The van der Waals surface area contributed by atoms with Crippen LogP contribution in [0.1, 0.15) is 0 Å². The lowest BCUT2D eigenvalue weighted by Gasteiger charge is -2.18. The molecular formula is C60H23N5O14. The smallest absolute Gasteiger partial charge is 0.281 e. The zero-order chi connectivity index (χ0) is 54.5. The van der Waals surface area contributed by atoms with E-state index in [9.17, 15) is 69.7 Å². The predicted molar refractivity (Wildman–Crippen MR) is 303 cm³/mol. The monoisotopic (exact) mass is 1040 g/mol. The second kappa shape index (κ2) is 15.0. The lowest BCUT2D eigenvalue weighted by molar-refractivity contribution is -0.386. The van der Waals surface area contributed by atoms with Crippen LogP contribution in [0.2, 0.25) is 0 Å². The Labute approximate surface area is 433 Å². The van der Waals surface area contributed by atoms with Gasteiger partial charge in [-0.25, -0.2) is 0 Å². The fraction of sp³-hybridized carbons (Fsp3) is 0. The van der Waals surface area contributed by atoms with Crippen molar-refractivity contribution in [1.29, 1.82) is 0 Å². The lowest BCUT2D eigenvalue weighted by Crippen LogP contribution is -2.09. The average molecular weight is 1040 g/mol. The highest BCUT2D eigenvalue weighted by molar-refractivity contribution is 6.43. The summed E-state index contributed by atoms with van der Waals surface area (Å²) in [7, 11) is 0. The number of fused-ring (bicyclic) bond motifs is 8. The van der Waals surface area contributed by atoms with Gasteiger partial charge in [0.05, 0.1) is 35.4 Å². The van der Waals surface area contributed by atoms with E-state index in [1.807, 2.05) is 24.3 Å². The first kappa shape index (κ1) is 44.8. The van der Waals surface area contributed by atoms with Crippen molar-refractivity contribution in [2.45, 2.75) is 0 Å². The minimum absolute atomic E-state index is 0.134. The third-order valence-corrected chi connectivity index (χ3v) is 16.0. The summed E-state index contributed by atoms with van der Waals surface area (Å²) >= 11 is 0. The number of nitro groups is 5. The molecule has 0 bridgehead atoms. The Hall–Kier alpha value is -11.6. The van der Waals surface area contributed by atoms with Crippen molar-refractivity contribution < 1.29 is 24.6 Å². The van der Waals surface area contributed by atoms with E-state index in [1.54, 1.807) is 60.7 Å². The molecule has 19 nitrogen and oxygen atoms in total. The van der Waals surface area contributed by atoms with E-state index in [1.165, 1.54) is 42.5 Å². The van der Waals surface area contributed by atoms with Gasteiger partial charge in [0.1, 0.15) is 5.39 Å². The summed E-state index contributed by atoms with van der Waals surface area (Å²) in [5.74, 6) is 0. The molecule has 0 aromatic heterocycles. The number of nitro benzene ring substituents is 5.